The number of fused-ring (bicyclic) bond motifs is 3. The molecule has 6 aromatic rings. The first-order valence-electron chi connectivity index (χ1n) is 26.3. The Bertz CT molecular complexity index is 2850. The standard InChI is InChI=1S/C65H70Ge.Se4/c1-58(2)25-28-61(7,8)53-34-47-41(31-50(53)58)57-42-32-51-54(62(9,10)29-26-59(51,3)4)35-48(42)64(47,49-36-55-52(33-43(49)57)60(5,6)27-30-63(55,11)12)37-66-65-44-22-16-13-19-38(44)56(39-20-14-17-23-45(39)65)40-21-15-18-24-46(40)65;1-3-4-2/h13-24,31-36,56-57H,25-30,37H2,1-12H3;. The number of hydrogen-bond acceptors (Lipinski definition) is 0. The molecule has 4 bridgehead atoms. The molecule has 9 aliphatic rings. The van der Waals surface area contributed by atoms with Gasteiger partial charge in [-0.05, 0) is 0 Å². The summed E-state index contributed by atoms with van der Waals surface area (Å²) in [5.74, 6) is 0.514. The molecule has 0 saturated carbocycles. The Hall–Kier alpha value is -2.06. The average Bonchev–Trinajstić information content (AvgIpc) is 3.34. The molecule has 0 aliphatic heterocycles. The van der Waals surface area contributed by atoms with Crippen LogP contribution >= 0.6 is 0 Å². The topological polar surface area (TPSA) is 0 Å². The molecule has 0 nitrogen and oxygen atoms in total. The van der Waals surface area contributed by atoms with E-state index >= 15 is 0 Å². The Balaban J connectivity index is 0.00000122. The van der Waals surface area contributed by atoms with Gasteiger partial charge in [0.1, 0.15) is 0 Å². The monoisotopic (exact) mass is 1240 g/mol. The van der Waals surface area contributed by atoms with Gasteiger partial charge in [0.2, 0.25) is 0 Å². The molecular weight excluding hydrogens is 1170 g/mol. The minimum atomic E-state index is -0.837. The van der Waals surface area contributed by atoms with Crippen LogP contribution in [0.25, 0.3) is 0 Å². The third-order valence-corrected chi connectivity index (χ3v) is 44.6. The molecule has 0 amide bonds. The summed E-state index contributed by atoms with van der Waals surface area (Å²) in [6.07, 6.45) is 7.38. The molecule has 0 fully saturated rings. The van der Waals surface area contributed by atoms with Gasteiger partial charge < -0.3 is 0 Å². The molecular formula is C65H70GeSe4. The Morgan fingerprint density at radius 2 is 0.614 bits per heavy atom. The summed E-state index contributed by atoms with van der Waals surface area (Å²) in [7, 11) is 0. The van der Waals surface area contributed by atoms with Gasteiger partial charge in [-0.1, -0.05) is 0 Å². The van der Waals surface area contributed by atoms with Crippen molar-refractivity contribution in [2.75, 3.05) is 0 Å². The van der Waals surface area contributed by atoms with E-state index in [0.29, 0.717) is 5.92 Å². The van der Waals surface area contributed by atoms with E-state index in [1.807, 2.05) is 0 Å². The summed E-state index contributed by atoms with van der Waals surface area (Å²) in [6.45, 7) is 30.6. The maximum absolute atomic E-state index is 2.95. The van der Waals surface area contributed by atoms with Crippen molar-refractivity contribution in [2.24, 2.45) is 0 Å². The molecule has 6 aromatic carbocycles. The van der Waals surface area contributed by atoms with Gasteiger partial charge in [0.25, 0.3) is 0 Å². The summed E-state index contributed by atoms with van der Waals surface area (Å²) in [4.78, 5) is 0. The van der Waals surface area contributed by atoms with Crippen LogP contribution < -0.4 is 0 Å². The molecule has 70 heavy (non-hydrogen) atoms. The van der Waals surface area contributed by atoms with Crippen molar-refractivity contribution in [1.82, 2.24) is 0 Å². The minimum absolute atomic E-state index is 0.112. The van der Waals surface area contributed by atoms with Crippen LogP contribution in [0.1, 0.15) is 234 Å². The van der Waals surface area contributed by atoms with E-state index in [1.165, 1.54) is 38.5 Å². The first-order chi connectivity index (χ1) is 33.1. The summed E-state index contributed by atoms with van der Waals surface area (Å²) < 4.78 is -0.150. The molecule has 0 atom stereocenters. The SMILES string of the molecule is CC1(C)CCC(C)(C)c2cc3c(cc21)C1c2cc4c(cc2C3([CH2][Ge][C]23c5ccccc5C(c5ccccc52)c2ccccc23)c2cc3c(cc21)C(C)(C)CCC3(C)C)C(C)(C)CCC4(C)C.[Se][Se][Se][Se]. The van der Waals surface area contributed by atoms with Gasteiger partial charge in [-0.25, -0.2) is 0 Å². The van der Waals surface area contributed by atoms with Gasteiger partial charge >= 0.3 is 457 Å². The van der Waals surface area contributed by atoms with Gasteiger partial charge in [0.05, 0.1) is 0 Å². The summed E-state index contributed by atoms with van der Waals surface area (Å²) in [5.41, 5.74) is 29.3. The van der Waals surface area contributed by atoms with E-state index in [0.717, 1.165) is 27.9 Å². The summed E-state index contributed by atoms with van der Waals surface area (Å²) in [5, 5.41) is 1.15. The predicted octanol–water partition coefficient (Wildman–Crippen LogP) is 14.3. The number of benzene rings is 6. The molecule has 5 heteroatoms. The van der Waals surface area contributed by atoms with Crippen LogP contribution in [0, 0.1) is 0 Å². The Morgan fingerprint density at radius 3 is 0.900 bits per heavy atom. The fourth-order valence-electron chi connectivity index (χ4n) is 15.7. The Labute approximate surface area is 452 Å². The quantitative estimate of drug-likeness (QED) is 0.154. The van der Waals surface area contributed by atoms with Gasteiger partial charge in [0.15, 0.2) is 0 Å². The van der Waals surface area contributed by atoms with Crippen LogP contribution in [0.4, 0.5) is 0 Å². The normalized spacial score (nSPS) is 26.8. The molecule has 15 rings (SSSR count). The molecule has 0 heterocycles. The molecule has 358 valence electrons. The van der Waals surface area contributed by atoms with Gasteiger partial charge in [-0.2, -0.15) is 0 Å². The van der Waals surface area contributed by atoms with E-state index in [9.17, 15) is 0 Å². The summed E-state index contributed by atoms with van der Waals surface area (Å²) in [6, 6.07) is 46.2. The van der Waals surface area contributed by atoms with E-state index in [1.54, 1.807) is 100 Å². The third-order valence-electron chi connectivity index (χ3n) is 20.1. The average molecular weight is 1240 g/mol. The van der Waals surface area contributed by atoms with E-state index < -0.39 is 15.4 Å². The molecule has 0 spiro atoms. The molecule has 0 unspecified atom stereocenters. The maximum atomic E-state index is 2.95. The van der Waals surface area contributed by atoms with Crippen molar-refractivity contribution in [2.45, 2.75) is 181 Å². The van der Waals surface area contributed by atoms with Crippen LogP contribution in [-0.2, 0) is 42.2 Å². The fraction of sp³-hybridized carbons (Fsp3) is 0.446. The first kappa shape index (κ1) is 48.9. The van der Waals surface area contributed by atoms with Crippen LogP contribution in [0.5, 0.6) is 0 Å². The summed E-state index contributed by atoms with van der Waals surface area (Å²) >= 11 is 6.66. The van der Waals surface area contributed by atoms with E-state index in [2.05, 4.69) is 221 Å². The zero-order valence-corrected chi connectivity index (χ0v) is 52.6. The number of hydrogen-bond donors (Lipinski definition) is 0. The van der Waals surface area contributed by atoms with Crippen LogP contribution in [0.3, 0.4) is 0 Å². The van der Waals surface area contributed by atoms with Crippen molar-refractivity contribution in [3.8, 4) is 0 Å². The molecule has 0 saturated heterocycles. The second kappa shape index (κ2) is 16.2. The van der Waals surface area contributed by atoms with Crippen molar-refractivity contribution in [1.29, 1.82) is 0 Å². The zero-order valence-electron chi connectivity index (χ0n) is 43.6. The van der Waals surface area contributed by atoms with Crippen molar-refractivity contribution >= 4 is 66.4 Å². The fourth-order valence-corrected chi connectivity index (χ4v) is 20.6. The van der Waals surface area contributed by atoms with Gasteiger partial charge in [-0.15, -0.1) is 0 Å². The first-order valence-corrected chi connectivity index (χ1v) is 41.8. The Morgan fingerprint density at radius 1 is 0.357 bits per heavy atom. The van der Waals surface area contributed by atoms with Crippen LogP contribution in [0.15, 0.2) is 109 Å². The Kier molecular flexibility index (Phi) is 11.3. The van der Waals surface area contributed by atoms with Crippen molar-refractivity contribution in [3.05, 3.63) is 209 Å². The second-order valence-electron chi connectivity index (χ2n) is 26.5. The van der Waals surface area contributed by atoms with E-state index in [-0.39, 0.29) is 48.1 Å². The van der Waals surface area contributed by atoms with Crippen LogP contribution in [-0.4, -0.2) is 66.4 Å². The number of rotatable bonds is 4. The van der Waals surface area contributed by atoms with Crippen molar-refractivity contribution in [3.63, 3.8) is 0 Å². The van der Waals surface area contributed by atoms with E-state index in [4.69, 9.17) is 0 Å². The predicted molar refractivity (Wildman–Crippen MR) is 300 cm³/mol. The molecule has 0 aromatic heterocycles. The molecule has 4 radical (unpaired) electrons. The van der Waals surface area contributed by atoms with Crippen LogP contribution in [0.2, 0.25) is 5.25 Å². The van der Waals surface area contributed by atoms with Gasteiger partial charge in [0, 0.05) is 0 Å². The third kappa shape index (κ3) is 6.69. The second-order valence-corrected chi connectivity index (χ2v) is 48.5. The zero-order chi connectivity index (χ0) is 49.3. The molecule has 9 aliphatic carbocycles. The van der Waals surface area contributed by atoms with Crippen molar-refractivity contribution < 1.29 is 0 Å². The molecule has 0 N–H and O–H groups in total. The van der Waals surface area contributed by atoms with Gasteiger partial charge in [-0.3, -0.25) is 0 Å².